The molecule has 0 unspecified atom stereocenters. The Labute approximate surface area is 70.6 Å². The fourth-order valence-electron chi connectivity index (χ4n) is 1.12. The highest BCUT2D eigenvalue weighted by Gasteiger charge is 2.21. The maximum Gasteiger partial charge on any atom is 0.335 e. The second kappa shape index (κ2) is 3.38. The standard InChI is InChI=1S/C8H11NO3/c1-5(9-6(2)10)7-3-4-12-8(7)11/h3-4H2,1-2H3,(H,9,10). The Morgan fingerprint density at radius 3 is 2.58 bits per heavy atom. The van der Waals surface area contributed by atoms with Gasteiger partial charge in [-0.05, 0) is 6.92 Å². The molecule has 1 heterocycles. The van der Waals surface area contributed by atoms with Crippen molar-refractivity contribution in [3.63, 3.8) is 0 Å². The number of carbonyl (C=O) groups is 2. The lowest BCUT2D eigenvalue weighted by molar-refractivity contribution is -0.135. The van der Waals surface area contributed by atoms with Gasteiger partial charge in [0.15, 0.2) is 0 Å². The van der Waals surface area contributed by atoms with Crippen LogP contribution in [0.25, 0.3) is 0 Å². The third-order valence-corrected chi connectivity index (χ3v) is 1.65. The number of carbonyl (C=O) groups excluding carboxylic acids is 2. The van der Waals surface area contributed by atoms with Crippen LogP contribution in [-0.4, -0.2) is 18.5 Å². The van der Waals surface area contributed by atoms with Crippen LogP contribution in [0, 0.1) is 0 Å². The Morgan fingerprint density at radius 1 is 1.50 bits per heavy atom. The molecule has 1 fully saturated rings. The number of nitrogens with one attached hydrogen (secondary N) is 1. The van der Waals surface area contributed by atoms with E-state index in [4.69, 9.17) is 4.74 Å². The number of allylic oxidation sites excluding steroid dienone is 1. The average molecular weight is 169 g/mol. The van der Waals surface area contributed by atoms with Gasteiger partial charge < -0.3 is 10.1 Å². The summed E-state index contributed by atoms with van der Waals surface area (Å²) in [5, 5.41) is 2.55. The molecule has 1 saturated heterocycles. The van der Waals surface area contributed by atoms with Crippen molar-refractivity contribution in [1.29, 1.82) is 0 Å². The number of rotatable bonds is 1. The van der Waals surface area contributed by atoms with Crippen molar-refractivity contribution in [1.82, 2.24) is 5.32 Å². The van der Waals surface area contributed by atoms with Gasteiger partial charge in [-0.25, -0.2) is 4.79 Å². The Balaban J connectivity index is 2.74. The van der Waals surface area contributed by atoms with E-state index in [-0.39, 0.29) is 11.9 Å². The molecule has 0 aliphatic carbocycles. The second-order valence-corrected chi connectivity index (χ2v) is 2.67. The largest absolute Gasteiger partial charge is 0.462 e. The van der Waals surface area contributed by atoms with Gasteiger partial charge in [-0.3, -0.25) is 4.79 Å². The van der Waals surface area contributed by atoms with E-state index in [1.807, 2.05) is 0 Å². The SMILES string of the molecule is CC(=O)NC(C)=C1CCOC1=O. The smallest absolute Gasteiger partial charge is 0.335 e. The van der Waals surface area contributed by atoms with Crippen molar-refractivity contribution in [2.24, 2.45) is 0 Å². The van der Waals surface area contributed by atoms with Gasteiger partial charge in [0.25, 0.3) is 0 Å². The summed E-state index contributed by atoms with van der Waals surface area (Å²) in [5.41, 5.74) is 1.18. The first-order valence-electron chi connectivity index (χ1n) is 3.75. The highest BCUT2D eigenvalue weighted by atomic mass is 16.5. The summed E-state index contributed by atoms with van der Waals surface area (Å²) in [6.45, 7) is 3.53. The van der Waals surface area contributed by atoms with E-state index in [0.717, 1.165) is 0 Å². The molecule has 0 aromatic heterocycles. The van der Waals surface area contributed by atoms with Crippen molar-refractivity contribution in [3.05, 3.63) is 11.3 Å². The van der Waals surface area contributed by atoms with E-state index >= 15 is 0 Å². The second-order valence-electron chi connectivity index (χ2n) is 2.67. The first-order valence-corrected chi connectivity index (χ1v) is 3.75. The van der Waals surface area contributed by atoms with Crippen LogP contribution in [0.4, 0.5) is 0 Å². The van der Waals surface area contributed by atoms with Gasteiger partial charge in [-0.15, -0.1) is 0 Å². The molecule has 1 N–H and O–H groups in total. The van der Waals surface area contributed by atoms with E-state index in [0.29, 0.717) is 24.3 Å². The monoisotopic (exact) mass is 169 g/mol. The fraction of sp³-hybridized carbons (Fsp3) is 0.500. The van der Waals surface area contributed by atoms with Crippen molar-refractivity contribution in [2.75, 3.05) is 6.61 Å². The molecule has 1 rings (SSSR count). The lowest BCUT2D eigenvalue weighted by Gasteiger charge is -2.02. The van der Waals surface area contributed by atoms with Crippen LogP contribution in [0.1, 0.15) is 20.3 Å². The van der Waals surface area contributed by atoms with Crippen LogP contribution < -0.4 is 5.32 Å². The topological polar surface area (TPSA) is 55.4 Å². The van der Waals surface area contributed by atoms with Gasteiger partial charge in [0.05, 0.1) is 12.2 Å². The molecule has 0 aromatic carbocycles. The number of hydrogen-bond acceptors (Lipinski definition) is 3. The third kappa shape index (κ3) is 1.84. The molecule has 4 heteroatoms. The zero-order chi connectivity index (χ0) is 9.14. The van der Waals surface area contributed by atoms with Crippen LogP contribution in [-0.2, 0) is 14.3 Å². The van der Waals surface area contributed by atoms with E-state index in [2.05, 4.69) is 5.32 Å². The Bertz CT molecular complexity index is 255. The lowest BCUT2D eigenvalue weighted by atomic mass is 10.2. The predicted octanol–water partition coefficient (Wildman–Crippen LogP) is 0.343. The van der Waals surface area contributed by atoms with Crippen molar-refractivity contribution in [3.8, 4) is 0 Å². The quantitative estimate of drug-likeness (QED) is 0.455. The minimum atomic E-state index is -0.318. The number of esters is 1. The maximum atomic E-state index is 11.0. The van der Waals surface area contributed by atoms with Gasteiger partial charge >= 0.3 is 5.97 Å². The first-order chi connectivity index (χ1) is 5.61. The molecule has 0 bridgehead atoms. The number of ether oxygens (including phenoxy) is 1. The highest BCUT2D eigenvalue weighted by molar-refractivity contribution is 5.92. The van der Waals surface area contributed by atoms with Gasteiger partial charge in [0.1, 0.15) is 0 Å². The molecule has 66 valence electrons. The average Bonchev–Trinajstić information content (AvgIpc) is 2.33. The zero-order valence-electron chi connectivity index (χ0n) is 7.14. The normalized spacial score (nSPS) is 20.3. The summed E-state index contributed by atoms with van der Waals surface area (Å²) in [7, 11) is 0. The predicted molar refractivity (Wildman–Crippen MR) is 42.1 cm³/mol. The molecule has 0 aromatic rings. The van der Waals surface area contributed by atoms with E-state index in [1.54, 1.807) is 6.92 Å². The minimum Gasteiger partial charge on any atom is -0.462 e. The zero-order valence-corrected chi connectivity index (χ0v) is 7.14. The van der Waals surface area contributed by atoms with Gasteiger partial charge in [0, 0.05) is 19.0 Å². The molecule has 12 heavy (non-hydrogen) atoms. The molecule has 0 spiro atoms. The maximum absolute atomic E-state index is 11.0. The Hall–Kier alpha value is -1.32. The van der Waals surface area contributed by atoms with Crippen molar-refractivity contribution in [2.45, 2.75) is 20.3 Å². The number of cyclic esters (lactones) is 1. The molecule has 4 nitrogen and oxygen atoms in total. The molecule has 0 radical (unpaired) electrons. The van der Waals surface area contributed by atoms with Crippen LogP contribution in [0.5, 0.6) is 0 Å². The molecule has 0 atom stereocenters. The fourth-order valence-corrected chi connectivity index (χ4v) is 1.12. The van der Waals surface area contributed by atoms with Crippen LogP contribution in [0.15, 0.2) is 11.3 Å². The van der Waals surface area contributed by atoms with E-state index in [9.17, 15) is 9.59 Å². The highest BCUT2D eigenvalue weighted by Crippen LogP contribution is 2.15. The van der Waals surface area contributed by atoms with Crippen molar-refractivity contribution >= 4 is 11.9 Å². The number of hydrogen-bond donors (Lipinski definition) is 1. The van der Waals surface area contributed by atoms with Gasteiger partial charge in [0.2, 0.25) is 5.91 Å². The summed E-state index contributed by atoms with van der Waals surface area (Å²) in [5.74, 6) is -0.485. The van der Waals surface area contributed by atoms with Gasteiger partial charge in [-0.1, -0.05) is 0 Å². The molecular formula is C8H11NO3. The summed E-state index contributed by atoms with van der Waals surface area (Å²) < 4.78 is 4.72. The van der Waals surface area contributed by atoms with Crippen LogP contribution in [0.3, 0.4) is 0 Å². The van der Waals surface area contributed by atoms with E-state index in [1.165, 1.54) is 6.92 Å². The minimum absolute atomic E-state index is 0.167. The third-order valence-electron chi connectivity index (χ3n) is 1.65. The molecule has 1 aliphatic heterocycles. The molecular weight excluding hydrogens is 158 g/mol. The summed E-state index contributed by atoms with van der Waals surface area (Å²) in [4.78, 5) is 21.6. The van der Waals surface area contributed by atoms with E-state index < -0.39 is 0 Å². The van der Waals surface area contributed by atoms with Crippen molar-refractivity contribution < 1.29 is 14.3 Å². The Kier molecular flexibility index (Phi) is 2.47. The molecule has 1 amide bonds. The van der Waals surface area contributed by atoms with Crippen LogP contribution >= 0.6 is 0 Å². The summed E-state index contributed by atoms with van der Waals surface area (Å²) in [6, 6.07) is 0. The Morgan fingerprint density at radius 2 is 2.17 bits per heavy atom. The number of amides is 1. The molecule has 0 saturated carbocycles. The lowest BCUT2D eigenvalue weighted by Crippen LogP contribution is -2.19. The molecule has 1 aliphatic rings. The summed E-state index contributed by atoms with van der Waals surface area (Å²) in [6.07, 6.45) is 0.588. The summed E-state index contributed by atoms with van der Waals surface area (Å²) >= 11 is 0. The van der Waals surface area contributed by atoms with Crippen LogP contribution in [0.2, 0.25) is 0 Å². The first kappa shape index (κ1) is 8.77. The van der Waals surface area contributed by atoms with Gasteiger partial charge in [-0.2, -0.15) is 0 Å².